The smallest absolute Gasteiger partial charge is 0.357 e. The van der Waals surface area contributed by atoms with E-state index in [1.165, 1.54) is 36.8 Å². The molecule has 1 N–H and O–H groups in total. The van der Waals surface area contributed by atoms with Gasteiger partial charge in [0, 0.05) is 12.0 Å². The summed E-state index contributed by atoms with van der Waals surface area (Å²) < 4.78 is 0. The van der Waals surface area contributed by atoms with Gasteiger partial charge in [-0.1, -0.05) is 37.1 Å². The van der Waals surface area contributed by atoms with Crippen molar-refractivity contribution in [1.29, 1.82) is 0 Å². The van der Waals surface area contributed by atoms with Crippen LogP contribution in [0.4, 0.5) is 0 Å². The Morgan fingerprint density at radius 1 is 1.11 bits per heavy atom. The summed E-state index contributed by atoms with van der Waals surface area (Å²) in [5.74, 6) is 0.581. The van der Waals surface area contributed by atoms with Crippen molar-refractivity contribution in [1.82, 2.24) is 5.06 Å². The first-order chi connectivity index (χ1) is 13.2. The summed E-state index contributed by atoms with van der Waals surface area (Å²) in [5.41, 5.74) is 3.37. The van der Waals surface area contributed by atoms with Crippen molar-refractivity contribution in [2.24, 2.45) is 5.92 Å². The van der Waals surface area contributed by atoms with Crippen LogP contribution in [-0.2, 0) is 16.7 Å². The molecular formula is C23H25NO3. The van der Waals surface area contributed by atoms with Crippen LogP contribution in [0, 0.1) is 5.92 Å². The van der Waals surface area contributed by atoms with E-state index in [2.05, 4.69) is 6.07 Å². The molecule has 2 aromatic carbocycles. The molecule has 2 aliphatic carbocycles. The molecule has 4 heteroatoms. The van der Waals surface area contributed by atoms with E-state index in [1.54, 1.807) is 18.2 Å². The number of hydroxylamine groups is 2. The van der Waals surface area contributed by atoms with E-state index in [0.717, 1.165) is 19.4 Å². The third kappa shape index (κ3) is 2.66. The van der Waals surface area contributed by atoms with E-state index < -0.39 is 0 Å². The summed E-state index contributed by atoms with van der Waals surface area (Å²) in [5, 5.41) is 12.0. The first-order valence-corrected chi connectivity index (χ1v) is 10.0. The average Bonchev–Trinajstić information content (AvgIpc) is 2.71. The van der Waals surface area contributed by atoms with Gasteiger partial charge in [0.2, 0.25) is 0 Å². The second-order valence-electron chi connectivity index (χ2n) is 8.26. The highest BCUT2D eigenvalue weighted by atomic mass is 16.7. The predicted molar refractivity (Wildman–Crippen MR) is 102 cm³/mol. The number of carbonyl (C=O) groups excluding carboxylic acids is 1. The first-order valence-electron chi connectivity index (χ1n) is 10.0. The SMILES string of the molecule is O=C(ON1CC[C@@]23CCCC[C@@H]2[C@@H]1Cc1ccc(O)cc13)c1ccccc1. The van der Waals surface area contributed by atoms with Gasteiger partial charge in [-0.3, -0.25) is 0 Å². The van der Waals surface area contributed by atoms with Gasteiger partial charge in [-0.2, -0.15) is 0 Å². The standard InChI is InChI=1S/C23H25NO3/c25-18-10-9-17-14-21-19-8-4-5-11-23(19,20(17)15-18)12-13-24(21)27-22(26)16-6-2-1-3-7-16/h1-3,6-7,9-10,15,19,21,25H,4-5,8,11-14H2/t19-,21+,23+/m1/s1. The monoisotopic (exact) mass is 363 g/mol. The maximum Gasteiger partial charge on any atom is 0.357 e. The molecule has 0 amide bonds. The lowest BCUT2D eigenvalue weighted by molar-refractivity contribution is -0.190. The number of aromatic hydroxyl groups is 1. The van der Waals surface area contributed by atoms with Gasteiger partial charge in [0.25, 0.3) is 0 Å². The Bertz CT molecular complexity index is 865. The number of nitrogens with zero attached hydrogens (tertiary/aromatic N) is 1. The molecule has 2 fully saturated rings. The molecule has 140 valence electrons. The fraction of sp³-hybridized carbons (Fsp3) is 0.435. The van der Waals surface area contributed by atoms with Crippen LogP contribution in [0.3, 0.4) is 0 Å². The number of hydrogen-bond acceptors (Lipinski definition) is 4. The zero-order valence-electron chi connectivity index (χ0n) is 15.4. The van der Waals surface area contributed by atoms with Crippen molar-refractivity contribution >= 4 is 5.97 Å². The molecule has 1 saturated carbocycles. The average molecular weight is 363 g/mol. The molecule has 1 aliphatic heterocycles. The molecular weight excluding hydrogens is 338 g/mol. The molecule has 1 heterocycles. The maximum absolute atomic E-state index is 12.6. The van der Waals surface area contributed by atoms with E-state index in [-0.39, 0.29) is 17.4 Å². The Morgan fingerprint density at radius 3 is 2.81 bits per heavy atom. The third-order valence-electron chi connectivity index (χ3n) is 6.98. The van der Waals surface area contributed by atoms with E-state index in [9.17, 15) is 9.90 Å². The van der Waals surface area contributed by atoms with Gasteiger partial charge in [0.05, 0.1) is 11.6 Å². The molecule has 0 radical (unpaired) electrons. The van der Waals surface area contributed by atoms with Gasteiger partial charge in [-0.15, -0.1) is 5.06 Å². The molecule has 3 aliphatic rings. The fourth-order valence-corrected chi connectivity index (χ4v) is 5.80. The summed E-state index contributed by atoms with van der Waals surface area (Å²) in [6.07, 6.45) is 6.67. The van der Waals surface area contributed by atoms with Crippen LogP contribution in [0.15, 0.2) is 48.5 Å². The number of piperidine rings is 1. The quantitative estimate of drug-likeness (QED) is 0.868. The Kier molecular flexibility index (Phi) is 3.97. The van der Waals surface area contributed by atoms with Gasteiger partial charge in [0.15, 0.2) is 0 Å². The van der Waals surface area contributed by atoms with Gasteiger partial charge in [-0.05, 0) is 67.0 Å². The van der Waals surface area contributed by atoms with Crippen molar-refractivity contribution in [3.05, 3.63) is 65.2 Å². The molecule has 0 unspecified atom stereocenters. The van der Waals surface area contributed by atoms with Gasteiger partial charge in [-0.25, -0.2) is 4.79 Å². The summed E-state index contributed by atoms with van der Waals surface area (Å²) in [6, 6.07) is 15.3. The Balaban J connectivity index is 1.48. The number of phenolic OH excluding ortho intramolecular Hbond substituents is 1. The molecule has 0 aromatic heterocycles. The van der Waals surface area contributed by atoms with E-state index in [0.29, 0.717) is 17.2 Å². The normalized spacial score (nSPS) is 29.5. The highest BCUT2D eigenvalue weighted by Gasteiger charge is 2.54. The minimum atomic E-state index is -0.268. The van der Waals surface area contributed by atoms with Crippen LogP contribution in [0.5, 0.6) is 5.75 Å². The maximum atomic E-state index is 12.6. The van der Waals surface area contributed by atoms with Crippen molar-refractivity contribution in [2.45, 2.75) is 50.0 Å². The number of hydrogen-bond donors (Lipinski definition) is 1. The number of fused-ring (bicyclic) bond motifs is 1. The van der Waals surface area contributed by atoms with Crippen LogP contribution in [0.1, 0.15) is 53.6 Å². The lowest BCUT2D eigenvalue weighted by Gasteiger charge is -2.57. The van der Waals surface area contributed by atoms with Crippen LogP contribution >= 0.6 is 0 Å². The van der Waals surface area contributed by atoms with Crippen LogP contribution < -0.4 is 0 Å². The highest BCUT2D eigenvalue weighted by molar-refractivity contribution is 5.89. The zero-order chi connectivity index (χ0) is 18.4. The fourth-order valence-electron chi connectivity index (χ4n) is 5.80. The predicted octanol–water partition coefficient (Wildman–Crippen LogP) is 4.22. The summed E-state index contributed by atoms with van der Waals surface area (Å²) >= 11 is 0. The lowest BCUT2D eigenvalue weighted by Crippen LogP contribution is -2.61. The third-order valence-corrected chi connectivity index (χ3v) is 6.98. The molecule has 5 rings (SSSR count). The largest absolute Gasteiger partial charge is 0.508 e. The number of rotatable bonds is 2. The van der Waals surface area contributed by atoms with Crippen molar-refractivity contribution in [3.8, 4) is 5.75 Å². The molecule has 27 heavy (non-hydrogen) atoms. The Labute approximate surface area is 159 Å². The van der Waals surface area contributed by atoms with Crippen LogP contribution in [0.2, 0.25) is 0 Å². The van der Waals surface area contributed by atoms with Crippen LogP contribution in [-0.4, -0.2) is 28.7 Å². The molecule has 2 aromatic rings. The zero-order valence-corrected chi connectivity index (χ0v) is 15.4. The van der Waals surface area contributed by atoms with Gasteiger partial charge < -0.3 is 9.94 Å². The first kappa shape index (κ1) is 16.8. The summed E-state index contributed by atoms with van der Waals surface area (Å²) in [4.78, 5) is 18.5. The topological polar surface area (TPSA) is 49.8 Å². The number of benzene rings is 2. The molecule has 1 saturated heterocycles. The Hall–Kier alpha value is -2.33. The lowest BCUT2D eigenvalue weighted by atomic mass is 9.52. The second-order valence-corrected chi connectivity index (χ2v) is 8.26. The van der Waals surface area contributed by atoms with Gasteiger partial charge >= 0.3 is 5.97 Å². The molecule has 4 nitrogen and oxygen atoms in total. The van der Waals surface area contributed by atoms with Crippen molar-refractivity contribution in [3.63, 3.8) is 0 Å². The van der Waals surface area contributed by atoms with E-state index in [4.69, 9.17) is 4.84 Å². The second kappa shape index (κ2) is 6.38. The molecule has 0 spiro atoms. The number of phenols is 1. The molecule has 2 bridgehead atoms. The van der Waals surface area contributed by atoms with E-state index in [1.807, 2.05) is 29.3 Å². The minimum Gasteiger partial charge on any atom is -0.508 e. The number of carbonyl (C=O) groups is 1. The Morgan fingerprint density at radius 2 is 1.96 bits per heavy atom. The highest BCUT2D eigenvalue weighted by Crippen LogP contribution is 2.56. The summed E-state index contributed by atoms with van der Waals surface area (Å²) in [7, 11) is 0. The molecule has 3 atom stereocenters. The minimum absolute atomic E-state index is 0.130. The summed E-state index contributed by atoms with van der Waals surface area (Å²) in [6.45, 7) is 0.759. The van der Waals surface area contributed by atoms with Gasteiger partial charge in [0.1, 0.15) is 5.75 Å². The van der Waals surface area contributed by atoms with E-state index >= 15 is 0 Å². The van der Waals surface area contributed by atoms with Crippen molar-refractivity contribution in [2.75, 3.05) is 6.54 Å². The van der Waals surface area contributed by atoms with Crippen LogP contribution in [0.25, 0.3) is 0 Å². The van der Waals surface area contributed by atoms with Crippen molar-refractivity contribution < 1.29 is 14.7 Å².